The van der Waals surface area contributed by atoms with Gasteiger partial charge in [0.15, 0.2) is 0 Å². The Bertz CT molecular complexity index is 724. The molecular formula is C13H8N2O3S2. The number of imide groups is 1. The molecule has 0 saturated carbocycles. The van der Waals surface area contributed by atoms with Gasteiger partial charge < -0.3 is 5.32 Å². The van der Waals surface area contributed by atoms with E-state index < -0.39 is 11.8 Å². The molecular weight excluding hydrogens is 296 g/mol. The zero-order chi connectivity index (χ0) is 14.4. The quantitative estimate of drug-likeness (QED) is 0.580. The number of para-hydroxylation sites is 1. The summed E-state index contributed by atoms with van der Waals surface area (Å²) in [6.07, 6.45) is 0. The van der Waals surface area contributed by atoms with Gasteiger partial charge in [0.2, 0.25) is 5.91 Å². The van der Waals surface area contributed by atoms with Crippen molar-refractivity contribution in [3.63, 3.8) is 0 Å². The molecule has 1 aromatic carbocycles. The first kappa shape index (κ1) is 13.0. The third kappa shape index (κ3) is 1.78. The monoisotopic (exact) mass is 304 g/mol. The van der Waals surface area contributed by atoms with Crippen LogP contribution in [0.15, 0.2) is 29.2 Å². The first-order chi connectivity index (χ1) is 9.50. The van der Waals surface area contributed by atoms with E-state index in [4.69, 9.17) is 12.2 Å². The molecule has 3 rings (SSSR count). The van der Waals surface area contributed by atoms with Crippen LogP contribution >= 0.6 is 24.0 Å². The fourth-order valence-corrected chi connectivity index (χ4v) is 3.34. The average Bonchev–Trinajstić information content (AvgIpc) is 2.85. The largest absolute Gasteiger partial charge is 0.307 e. The molecule has 0 unspecified atom stereocenters. The molecule has 2 heterocycles. The van der Waals surface area contributed by atoms with Gasteiger partial charge in [0.05, 0.1) is 16.2 Å². The van der Waals surface area contributed by atoms with E-state index in [1.165, 1.54) is 6.92 Å². The Balaban J connectivity index is 2.26. The first-order valence-corrected chi connectivity index (χ1v) is 6.95. The molecule has 0 aromatic heterocycles. The number of hydrogen-bond acceptors (Lipinski definition) is 5. The predicted molar refractivity (Wildman–Crippen MR) is 79.9 cm³/mol. The van der Waals surface area contributed by atoms with Crippen LogP contribution in [-0.4, -0.2) is 22.0 Å². The first-order valence-electron chi connectivity index (χ1n) is 5.72. The number of carbonyl (C=O) groups excluding carboxylic acids is 3. The number of hydrogen-bond donors (Lipinski definition) is 1. The molecule has 3 amide bonds. The standard InChI is InChI=1S/C13H8N2O3S2/c1-6(16)15-8-5-3-2-4-7(8)9(12(15)18)10-11(17)14-13(19)20-10/h2-5H,1H3,(H,14,17,19)/b10-9+. The summed E-state index contributed by atoms with van der Waals surface area (Å²) in [5, 5.41) is 2.48. The summed E-state index contributed by atoms with van der Waals surface area (Å²) in [5.74, 6) is -1.27. The summed E-state index contributed by atoms with van der Waals surface area (Å²) >= 11 is 5.98. The van der Waals surface area contributed by atoms with E-state index in [2.05, 4.69) is 5.32 Å². The second-order valence-corrected chi connectivity index (χ2v) is 5.91. The lowest BCUT2D eigenvalue weighted by molar-refractivity contribution is -0.122. The Kier molecular flexibility index (Phi) is 2.95. The number of carbonyl (C=O) groups is 3. The van der Waals surface area contributed by atoms with Crippen molar-refractivity contribution < 1.29 is 14.4 Å². The minimum Gasteiger partial charge on any atom is -0.307 e. The summed E-state index contributed by atoms with van der Waals surface area (Å²) in [6.45, 7) is 1.31. The zero-order valence-electron chi connectivity index (χ0n) is 10.3. The summed E-state index contributed by atoms with van der Waals surface area (Å²) in [6, 6.07) is 6.89. The maximum absolute atomic E-state index is 12.5. The maximum atomic E-state index is 12.5. The molecule has 1 saturated heterocycles. The second-order valence-electron chi connectivity index (χ2n) is 4.22. The van der Waals surface area contributed by atoms with E-state index in [1.807, 2.05) is 0 Å². The molecule has 1 N–H and O–H groups in total. The fourth-order valence-electron chi connectivity index (χ4n) is 2.23. The molecule has 2 aliphatic rings. The van der Waals surface area contributed by atoms with Gasteiger partial charge in [-0.05, 0) is 6.07 Å². The lowest BCUT2D eigenvalue weighted by atomic mass is 10.1. The van der Waals surface area contributed by atoms with Crippen molar-refractivity contribution in [1.82, 2.24) is 5.32 Å². The van der Waals surface area contributed by atoms with Gasteiger partial charge in [-0.2, -0.15) is 0 Å². The zero-order valence-corrected chi connectivity index (χ0v) is 11.9. The maximum Gasteiger partial charge on any atom is 0.267 e. The van der Waals surface area contributed by atoms with E-state index in [-0.39, 0.29) is 16.4 Å². The van der Waals surface area contributed by atoms with Crippen LogP contribution in [0.1, 0.15) is 12.5 Å². The summed E-state index contributed by atoms with van der Waals surface area (Å²) in [5.41, 5.74) is 1.31. The van der Waals surface area contributed by atoms with Crippen molar-refractivity contribution in [1.29, 1.82) is 0 Å². The normalized spacial score (nSPS) is 21.2. The van der Waals surface area contributed by atoms with E-state index in [0.717, 1.165) is 16.7 Å². The highest BCUT2D eigenvalue weighted by molar-refractivity contribution is 8.27. The molecule has 0 spiro atoms. The van der Waals surface area contributed by atoms with Crippen LogP contribution in [0.4, 0.5) is 5.69 Å². The molecule has 0 atom stereocenters. The van der Waals surface area contributed by atoms with E-state index >= 15 is 0 Å². The van der Waals surface area contributed by atoms with Gasteiger partial charge in [-0.1, -0.05) is 42.2 Å². The van der Waals surface area contributed by atoms with Crippen molar-refractivity contribution >= 4 is 57.3 Å². The minimum absolute atomic E-state index is 0.234. The summed E-state index contributed by atoms with van der Waals surface area (Å²) in [4.78, 5) is 37.3. The molecule has 0 bridgehead atoms. The molecule has 7 heteroatoms. The SMILES string of the molecule is CC(=O)N1C(=O)/C(=C2/SC(=S)NC2=O)c2ccccc21. The van der Waals surface area contributed by atoms with Crippen LogP contribution in [0.25, 0.3) is 5.57 Å². The lowest BCUT2D eigenvalue weighted by Crippen LogP contribution is -2.31. The Hall–Kier alpha value is -1.99. The topological polar surface area (TPSA) is 66.5 Å². The van der Waals surface area contributed by atoms with Crippen molar-refractivity contribution in [2.45, 2.75) is 6.92 Å². The van der Waals surface area contributed by atoms with E-state index in [0.29, 0.717) is 15.6 Å². The number of fused-ring (bicyclic) bond motifs is 1. The number of thioether (sulfide) groups is 1. The summed E-state index contributed by atoms with van der Waals surface area (Å²) in [7, 11) is 0. The molecule has 1 aromatic rings. The molecule has 0 aliphatic carbocycles. The van der Waals surface area contributed by atoms with Crippen molar-refractivity contribution in [2.75, 3.05) is 4.90 Å². The molecule has 0 radical (unpaired) electrons. The molecule has 100 valence electrons. The Morgan fingerprint density at radius 2 is 2.00 bits per heavy atom. The van der Waals surface area contributed by atoms with Crippen LogP contribution in [0.2, 0.25) is 0 Å². The van der Waals surface area contributed by atoms with Gasteiger partial charge in [0.25, 0.3) is 11.8 Å². The number of benzene rings is 1. The highest BCUT2D eigenvalue weighted by atomic mass is 32.2. The fraction of sp³-hybridized carbons (Fsp3) is 0.0769. The third-order valence-electron chi connectivity index (χ3n) is 2.99. The Morgan fingerprint density at radius 3 is 2.60 bits per heavy atom. The van der Waals surface area contributed by atoms with Gasteiger partial charge in [-0.3, -0.25) is 14.4 Å². The van der Waals surface area contributed by atoms with Crippen LogP contribution in [0, 0.1) is 0 Å². The number of anilines is 1. The number of rotatable bonds is 0. The van der Waals surface area contributed by atoms with Crippen molar-refractivity contribution in [2.24, 2.45) is 0 Å². The average molecular weight is 304 g/mol. The second kappa shape index (κ2) is 4.53. The molecule has 5 nitrogen and oxygen atoms in total. The number of amides is 3. The van der Waals surface area contributed by atoms with Crippen molar-refractivity contribution in [3.8, 4) is 0 Å². The van der Waals surface area contributed by atoms with E-state index in [1.54, 1.807) is 24.3 Å². The lowest BCUT2D eigenvalue weighted by Gasteiger charge is -2.11. The molecule has 1 fully saturated rings. The Labute approximate surface area is 124 Å². The smallest absolute Gasteiger partial charge is 0.267 e. The third-order valence-corrected chi connectivity index (χ3v) is 4.22. The van der Waals surface area contributed by atoms with Crippen LogP contribution in [0.5, 0.6) is 0 Å². The predicted octanol–water partition coefficient (Wildman–Crippen LogP) is 1.44. The summed E-state index contributed by atoms with van der Waals surface area (Å²) < 4.78 is 0.309. The number of nitrogens with zero attached hydrogens (tertiary/aromatic N) is 1. The number of nitrogens with one attached hydrogen (secondary N) is 1. The molecule has 20 heavy (non-hydrogen) atoms. The van der Waals surface area contributed by atoms with Crippen LogP contribution in [-0.2, 0) is 14.4 Å². The highest BCUT2D eigenvalue weighted by Gasteiger charge is 2.40. The number of thiocarbonyl (C=S) groups is 1. The minimum atomic E-state index is -0.485. The highest BCUT2D eigenvalue weighted by Crippen LogP contribution is 2.42. The Morgan fingerprint density at radius 1 is 1.30 bits per heavy atom. The van der Waals surface area contributed by atoms with Gasteiger partial charge in [0.1, 0.15) is 4.32 Å². The van der Waals surface area contributed by atoms with Gasteiger partial charge >= 0.3 is 0 Å². The van der Waals surface area contributed by atoms with Gasteiger partial charge in [-0.15, -0.1) is 0 Å². The van der Waals surface area contributed by atoms with Crippen LogP contribution in [0.3, 0.4) is 0 Å². The van der Waals surface area contributed by atoms with Crippen molar-refractivity contribution in [3.05, 3.63) is 34.7 Å². The van der Waals surface area contributed by atoms with E-state index in [9.17, 15) is 14.4 Å². The van der Waals surface area contributed by atoms with Gasteiger partial charge in [-0.25, -0.2) is 4.90 Å². The van der Waals surface area contributed by atoms with Crippen LogP contribution < -0.4 is 10.2 Å². The molecule has 2 aliphatic heterocycles. The van der Waals surface area contributed by atoms with Gasteiger partial charge in [0, 0.05) is 12.5 Å².